The smallest absolute Gasteiger partial charge is 0.169 e. The van der Waals surface area contributed by atoms with Gasteiger partial charge in [-0.2, -0.15) is 10.4 Å². The fraction of sp³-hybridized carbons (Fsp3) is 0.583. The second-order valence-corrected chi connectivity index (χ2v) is 5.07. The van der Waals surface area contributed by atoms with Crippen LogP contribution in [0.4, 0.5) is 5.82 Å². The van der Waals surface area contributed by atoms with Crippen molar-refractivity contribution >= 4 is 5.82 Å². The lowest BCUT2D eigenvalue weighted by Gasteiger charge is -2.38. The SMILES string of the molecule is CC1(C)CCCN(c2nnccc2C#N)C1. The van der Waals surface area contributed by atoms with E-state index in [0.29, 0.717) is 11.0 Å². The molecular weight excluding hydrogens is 200 g/mol. The van der Waals surface area contributed by atoms with Crippen LogP contribution in [-0.2, 0) is 0 Å². The van der Waals surface area contributed by atoms with Crippen molar-refractivity contribution in [3.05, 3.63) is 17.8 Å². The van der Waals surface area contributed by atoms with Gasteiger partial charge in [0, 0.05) is 13.1 Å². The fourth-order valence-electron chi connectivity index (χ4n) is 2.25. The van der Waals surface area contributed by atoms with Gasteiger partial charge >= 0.3 is 0 Å². The summed E-state index contributed by atoms with van der Waals surface area (Å²) in [5.74, 6) is 0.734. The molecule has 1 saturated heterocycles. The zero-order valence-corrected chi connectivity index (χ0v) is 9.77. The molecule has 16 heavy (non-hydrogen) atoms. The van der Waals surface area contributed by atoms with Gasteiger partial charge in [-0.3, -0.25) is 0 Å². The van der Waals surface area contributed by atoms with Gasteiger partial charge in [0.2, 0.25) is 0 Å². The van der Waals surface area contributed by atoms with Crippen LogP contribution in [0, 0.1) is 16.7 Å². The number of nitriles is 1. The number of hydrogen-bond donors (Lipinski definition) is 0. The van der Waals surface area contributed by atoms with Gasteiger partial charge in [-0.05, 0) is 24.3 Å². The Morgan fingerprint density at radius 3 is 3.00 bits per heavy atom. The van der Waals surface area contributed by atoms with E-state index in [1.165, 1.54) is 6.42 Å². The van der Waals surface area contributed by atoms with Gasteiger partial charge in [-0.15, -0.1) is 5.10 Å². The van der Waals surface area contributed by atoms with Crippen LogP contribution < -0.4 is 4.90 Å². The van der Waals surface area contributed by atoms with Crippen molar-refractivity contribution in [1.82, 2.24) is 10.2 Å². The molecule has 0 N–H and O–H groups in total. The van der Waals surface area contributed by atoms with Crippen molar-refractivity contribution in [2.45, 2.75) is 26.7 Å². The Bertz CT molecular complexity index is 419. The molecule has 0 aliphatic carbocycles. The molecule has 0 saturated carbocycles. The average molecular weight is 216 g/mol. The summed E-state index contributed by atoms with van der Waals surface area (Å²) in [6.07, 6.45) is 3.94. The first-order valence-corrected chi connectivity index (χ1v) is 5.59. The van der Waals surface area contributed by atoms with Gasteiger partial charge in [-0.1, -0.05) is 13.8 Å². The van der Waals surface area contributed by atoms with Gasteiger partial charge in [0.15, 0.2) is 5.82 Å². The van der Waals surface area contributed by atoms with Crippen molar-refractivity contribution in [1.29, 1.82) is 5.26 Å². The molecule has 84 valence electrons. The van der Waals surface area contributed by atoms with E-state index in [0.717, 1.165) is 25.3 Å². The number of aromatic nitrogens is 2. The highest BCUT2D eigenvalue weighted by atomic mass is 15.3. The molecule has 0 bridgehead atoms. The third-order valence-electron chi connectivity index (χ3n) is 3.02. The summed E-state index contributed by atoms with van der Waals surface area (Å²) in [6.45, 7) is 6.42. The number of nitrogens with zero attached hydrogens (tertiary/aromatic N) is 4. The monoisotopic (exact) mass is 216 g/mol. The van der Waals surface area contributed by atoms with Crippen molar-refractivity contribution in [2.24, 2.45) is 5.41 Å². The summed E-state index contributed by atoms with van der Waals surface area (Å²) in [6, 6.07) is 3.90. The first-order valence-electron chi connectivity index (χ1n) is 5.59. The quantitative estimate of drug-likeness (QED) is 0.720. The van der Waals surface area contributed by atoms with E-state index in [-0.39, 0.29) is 0 Å². The molecule has 0 aromatic carbocycles. The van der Waals surface area contributed by atoms with E-state index in [1.807, 2.05) is 0 Å². The average Bonchev–Trinajstić information content (AvgIpc) is 2.27. The first kappa shape index (κ1) is 10.9. The predicted octanol–water partition coefficient (Wildman–Crippen LogP) is 1.97. The van der Waals surface area contributed by atoms with Crippen LogP contribution in [0.1, 0.15) is 32.3 Å². The first-order chi connectivity index (χ1) is 7.62. The highest BCUT2D eigenvalue weighted by Gasteiger charge is 2.28. The van der Waals surface area contributed by atoms with E-state index in [4.69, 9.17) is 5.26 Å². The van der Waals surface area contributed by atoms with Gasteiger partial charge in [0.1, 0.15) is 6.07 Å². The standard InChI is InChI=1S/C12H16N4/c1-12(2)5-3-7-16(9-12)11-10(8-13)4-6-14-15-11/h4,6H,3,5,7,9H2,1-2H3. The van der Waals surface area contributed by atoms with E-state index < -0.39 is 0 Å². The van der Waals surface area contributed by atoms with E-state index in [9.17, 15) is 0 Å². The molecule has 1 aliphatic rings. The maximum Gasteiger partial charge on any atom is 0.169 e. The van der Waals surface area contributed by atoms with E-state index in [1.54, 1.807) is 12.3 Å². The minimum Gasteiger partial charge on any atom is -0.353 e. The molecule has 2 heterocycles. The van der Waals surface area contributed by atoms with E-state index in [2.05, 4.69) is 35.0 Å². The van der Waals surface area contributed by atoms with Gasteiger partial charge in [0.25, 0.3) is 0 Å². The largest absolute Gasteiger partial charge is 0.353 e. The van der Waals surface area contributed by atoms with Crippen molar-refractivity contribution in [3.63, 3.8) is 0 Å². The normalized spacial score (nSPS) is 19.2. The minimum absolute atomic E-state index is 0.294. The number of hydrogen-bond acceptors (Lipinski definition) is 4. The highest BCUT2D eigenvalue weighted by molar-refractivity contribution is 5.52. The Morgan fingerprint density at radius 1 is 1.50 bits per heavy atom. The molecule has 0 radical (unpaired) electrons. The molecule has 0 amide bonds. The maximum absolute atomic E-state index is 9.03. The summed E-state index contributed by atoms with van der Waals surface area (Å²) in [7, 11) is 0. The van der Waals surface area contributed by atoms with Gasteiger partial charge < -0.3 is 4.90 Å². The predicted molar refractivity (Wildman–Crippen MR) is 62.0 cm³/mol. The van der Waals surface area contributed by atoms with Gasteiger partial charge in [0.05, 0.1) is 11.8 Å². The number of anilines is 1. The summed E-state index contributed by atoms with van der Waals surface area (Å²) in [5, 5.41) is 17.0. The van der Waals surface area contributed by atoms with Crippen LogP contribution in [0.5, 0.6) is 0 Å². The lowest BCUT2D eigenvalue weighted by Crippen LogP contribution is -2.41. The van der Waals surface area contributed by atoms with Gasteiger partial charge in [-0.25, -0.2) is 0 Å². The van der Waals surface area contributed by atoms with Crippen LogP contribution in [0.3, 0.4) is 0 Å². The zero-order chi connectivity index (χ0) is 11.6. The summed E-state index contributed by atoms with van der Waals surface area (Å²) in [5.41, 5.74) is 0.912. The molecule has 4 nitrogen and oxygen atoms in total. The molecule has 2 rings (SSSR count). The lowest BCUT2D eigenvalue weighted by molar-refractivity contribution is 0.291. The Balaban J connectivity index is 2.27. The van der Waals surface area contributed by atoms with Crippen LogP contribution >= 0.6 is 0 Å². The number of piperidine rings is 1. The van der Waals surface area contributed by atoms with Crippen LogP contribution in [0.25, 0.3) is 0 Å². The molecular formula is C12H16N4. The molecule has 0 spiro atoms. The van der Waals surface area contributed by atoms with Crippen molar-refractivity contribution < 1.29 is 0 Å². The highest BCUT2D eigenvalue weighted by Crippen LogP contribution is 2.31. The Morgan fingerprint density at radius 2 is 2.31 bits per heavy atom. The summed E-state index contributed by atoms with van der Waals surface area (Å²) < 4.78 is 0. The molecule has 0 unspecified atom stereocenters. The maximum atomic E-state index is 9.03. The third kappa shape index (κ3) is 2.13. The second kappa shape index (κ2) is 4.09. The van der Waals surface area contributed by atoms with Crippen LogP contribution in [0.15, 0.2) is 12.3 Å². The summed E-state index contributed by atoms with van der Waals surface area (Å²) >= 11 is 0. The fourth-order valence-corrected chi connectivity index (χ4v) is 2.25. The second-order valence-electron chi connectivity index (χ2n) is 5.07. The number of rotatable bonds is 1. The van der Waals surface area contributed by atoms with Crippen LogP contribution in [0.2, 0.25) is 0 Å². The molecule has 4 heteroatoms. The molecule has 0 atom stereocenters. The zero-order valence-electron chi connectivity index (χ0n) is 9.77. The molecule has 1 aromatic heterocycles. The molecule has 1 fully saturated rings. The molecule has 1 aromatic rings. The Kier molecular flexibility index (Phi) is 2.78. The van der Waals surface area contributed by atoms with Crippen molar-refractivity contribution in [3.8, 4) is 6.07 Å². The third-order valence-corrected chi connectivity index (χ3v) is 3.02. The molecule has 1 aliphatic heterocycles. The Hall–Kier alpha value is -1.63. The Labute approximate surface area is 95.9 Å². The summed E-state index contributed by atoms with van der Waals surface area (Å²) in [4.78, 5) is 2.18. The lowest BCUT2D eigenvalue weighted by atomic mass is 9.84. The van der Waals surface area contributed by atoms with Crippen LogP contribution in [-0.4, -0.2) is 23.3 Å². The topological polar surface area (TPSA) is 52.8 Å². The van der Waals surface area contributed by atoms with E-state index >= 15 is 0 Å². The van der Waals surface area contributed by atoms with Crippen molar-refractivity contribution in [2.75, 3.05) is 18.0 Å². The minimum atomic E-state index is 0.294.